The summed E-state index contributed by atoms with van der Waals surface area (Å²) < 4.78 is 48.1. The van der Waals surface area contributed by atoms with E-state index in [2.05, 4.69) is 5.92 Å². The average molecular weight is 581 g/mol. The quantitative estimate of drug-likeness (QED) is 0.233. The molecule has 4 rings (SSSR count). The molecule has 0 saturated heterocycles. The summed E-state index contributed by atoms with van der Waals surface area (Å²) in [5.74, 6) is 3.36. The maximum absolute atomic E-state index is 14.0. The van der Waals surface area contributed by atoms with Crippen molar-refractivity contribution >= 4 is 28.3 Å². The lowest BCUT2D eigenvalue weighted by molar-refractivity contribution is -0.240. The minimum Gasteiger partial charge on any atom is -0.479 e. The Labute approximate surface area is 241 Å². The van der Waals surface area contributed by atoms with Crippen molar-refractivity contribution in [1.29, 1.82) is 0 Å². The molecule has 0 aliphatic rings. The number of alkyl halides is 3. The summed E-state index contributed by atoms with van der Waals surface area (Å²) in [4.78, 5) is 12.5. The van der Waals surface area contributed by atoms with Gasteiger partial charge in [-0.1, -0.05) is 72.1 Å². The Bertz CT molecular complexity index is 1650. The highest BCUT2D eigenvalue weighted by molar-refractivity contribution is 6.30. The number of ether oxygens (including phenoxy) is 1. The molecule has 0 aliphatic carbocycles. The fourth-order valence-corrected chi connectivity index (χ4v) is 4.76. The van der Waals surface area contributed by atoms with Crippen molar-refractivity contribution in [2.45, 2.75) is 51.2 Å². The van der Waals surface area contributed by atoms with Crippen molar-refractivity contribution in [3.8, 4) is 23.0 Å². The minimum atomic E-state index is -5.06. The zero-order valence-electron chi connectivity index (χ0n) is 22.8. The van der Waals surface area contributed by atoms with E-state index in [4.69, 9.17) is 16.3 Å². The third kappa shape index (κ3) is 6.41. The molecule has 2 N–H and O–H groups in total. The molecule has 1 unspecified atom stereocenters. The molecular weight excluding hydrogens is 553 g/mol. The molecule has 2 atom stereocenters. The van der Waals surface area contributed by atoms with Crippen LogP contribution in [0.5, 0.6) is 0 Å². The third-order valence-corrected chi connectivity index (χ3v) is 6.72. The number of rotatable bonds is 5. The molecule has 0 aromatic heterocycles. The van der Waals surface area contributed by atoms with Crippen LogP contribution in [0.4, 0.5) is 13.2 Å². The smallest absolute Gasteiger partial charge is 0.433 e. The van der Waals surface area contributed by atoms with Crippen LogP contribution in [-0.2, 0) is 15.1 Å². The molecule has 4 nitrogen and oxygen atoms in total. The van der Waals surface area contributed by atoms with Gasteiger partial charge in [0.1, 0.15) is 0 Å². The highest BCUT2D eigenvalue weighted by Crippen LogP contribution is 2.42. The van der Waals surface area contributed by atoms with Crippen molar-refractivity contribution in [3.05, 3.63) is 106 Å². The van der Waals surface area contributed by atoms with Crippen molar-refractivity contribution in [2.75, 3.05) is 0 Å². The summed E-state index contributed by atoms with van der Waals surface area (Å²) in [7, 11) is 0. The monoisotopic (exact) mass is 580 g/mol. The van der Waals surface area contributed by atoms with Crippen molar-refractivity contribution in [3.63, 3.8) is 0 Å². The second-order valence-electron chi connectivity index (χ2n) is 10.7. The number of carboxylic acids is 1. The van der Waals surface area contributed by atoms with Crippen LogP contribution in [0.3, 0.4) is 0 Å². The van der Waals surface area contributed by atoms with Gasteiger partial charge in [-0.3, -0.25) is 0 Å². The Morgan fingerprint density at radius 1 is 0.951 bits per heavy atom. The van der Waals surface area contributed by atoms with Gasteiger partial charge >= 0.3 is 12.1 Å². The van der Waals surface area contributed by atoms with E-state index in [9.17, 15) is 28.2 Å². The van der Waals surface area contributed by atoms with Gasteiger partial charge in [0.25, 0.3) is 0 Å². The van der Waals surface area contributed by atoms with E-state index in [-0.39, 0.29) is 5.56 Å². The number of aliphatic hydroxyl groups is 1. The first-order valence-corrected chi connectivity index (χ1v) is 13.1. The summed E-state index contributed by atoms with van der Waals surface area (Å²) >= 11 is 6.13. The Hall–Kier alpha value is -3.83. The number of hydrogen-bond acceptors (Lipinski definition) is 3. The van der Waals surface area contributed by atoms with Gasteiger partial charge in [0, 0.05) is 21.7 Å². The highest BCUT2D eigenvalue weighted by atomic mass is 35.5. The number of carboxylic acid groups (broad SMARTS) is 1. The van der Waals surface area contributed by atoms with Crippen LogP contribution < -0.4 is 0 Å². The van der Waals surface area contributed by atoms with E-state index in [1.54, 1.807) is 82.3 Å². The molecule has 0 radical (unpaired) electrons. The number of hydrogen-bond donors (Lipinski definition) is 2. The number of fused-ring (bicyclic) bond motifs is 1. The number of halogens is 4. The van der Waals surface area contributed by atoms with Gasteiger partial charge in [-0.05, 0) is 85.3 Å². The molecule has 0 amide bonds. The fraction of sp³-hybridized carbons (Fsp3) is 0.242. The van der Waals surface area contributed by atoms with Crippen LogP contribution in [0.25, 0.3) is 21.9 Å². The summed E-state index contributed by atoms with van der Waals surface area (Å²) in [5.41, 5.74) is -2.15. The summed E-state index contributed by atoms with van der Waals surface area (Å²) in [6.07, 6.45) is -6.40. The largest absolute Gasteiger partial charge is 0.479 e. The fourth-order valence-electron chi connectivity index (χ4n) is 4.63. The highest BCUT2D eigenvalue weighted by Gasteiger charge is 2.54. The predicted molar refractivity (Wildman–Crippen MR) is 154 cm³/mol. The molecule has 41 heavy (non-hydrogen) atoms. The summed E-state index contributed by atoms with van der Waals surface area (Å²) in [6.45, 7) is 7.05. The second-order valence-corrected chi connectivity index (χ2v) is 11.1. The van der Waals surface area contributed by atoms with Crippen LogP contribution in [0, 0.1) is 18.8 Å². The first-order chi connectivity index (χ1) is 19.1. The first kappa shape index (κ1) is 30.1. The Morgan fingerprint density at radius 2 is 1.59 bits per heavy atom. The summed E-state index contributed by atoms with van der Waals surface area (Å²) in [5, 5.41) is 22.6. The zero-order valence-corrected chi connectivity index (χ0v) is 23.6. The maximum Gasteiger partial charge on any atom is 0.433 e. The van der Waals surface area contributed by atoms with Crippen LogP contribution >= 0.6 is 11.6 Å². The normalized spacial score (nSPS) is 14.2. The maximum atomic E-state index is 14.0. The van der Waals surface area contributed by atoms with E-state index >= 15 is 0 Å². The lowest BCUT2D eigenvalue weighted by Crippen LogP contribution is -2.41. The van der Waals surface area contributed by atoms with E-state index in [1.165, 1.54) is 12.1 Å². The average Bonchev–Trinajstić information content (AvgIpc) is 2.89. The van der Waals surface area contributed by atoms with Crippen LogP contribution in [0.1, 0.15) is 49.1 Å². The van der Waals surface area contributed by atoms with Gasteiger partial charge in [0.15, 0.2) is 6.10 Å². The molecule has 0 heterocycles. The van der Waals surface area contributed by atoms with Gasteiger partial charge in [0.2, 0.25) is 5.60 Å². The zero-order chi connectivity index (χ0) is 30.2. The molecule has 0 spiro atoms. The van der Waals surface area contributed by atoms with Gasteiger partial charge in [0.05, 0.1) is 5.60 Å². The second kappa shape index (κ2) is 11.2. The predicted octanol–water partition coefficient (Wildman–Crippen LogP) is 8.21. The van der Waals surface area contributed by atoms with Crippen molar-refractivity contribution in [2.24, 2.45) is 0 Å². The molecule has 0 aliphatic heterocycles. The lowest BCUT2D eigenvalue weighted by atomic mass is 9.86. The van der Waals surface area contributed by atoms with Gasteiger partial charge in [-0.2, -0.15) is 13.2 Å². The molecule has 0 saturated carbocycles. The Balaban J connectivity index is 2.00. The van der Waals surface area contributed by atoms with Gasteiger partial charge in [-0.25, -0.2) is 4.79 Å². The molecule has 0 bridgehead atoms. The molecule has 0 fully saturated rings. The van der Waals surface area contributed by atoms with E-state index in [0.29, 0.717) is 32.7 Å². The topological polar surface area (TPSA) is 66.8 Å². The molecule has 212 valence electrons. The Morgan fingerprint density at radius 3 is 2.15 bits per heavy atom. The molecule has 8 heteroatoms. The van der Waals surface area contributed by atoms with Crippen LogP contribution in [0.2, 0.25) is 5.02 Å². The van der Waals surface area contributed by atoms with Crippen LogP contribution in [-0.4, -0.2) is 28.0 Å². The van der Waals surface area contributed by atoms with Crippen molar-refractivity contribution in [1.82, 2.24) is 0 Å². The van der Waals surface area contributed by atoms with E-state index < -0.39 is 35.0 Å². The standard InChI is InChI=1S/C33H28ClF3O4/c1-20-18-23-11-10-21(16-17-32(40,33(35,36)37)24-8-6-5-7-9-24)19-26(23)28(22-12-14-25(34)15-13-22)27(20)29(30(38)39)41-31(2,3)4/h5-15,18-19,29,40H,1-4H3,(H,38,39)/t29-,32?/m0/s1. The SMILES string of the molecule is Cc1cc2ccc(C#CC(O)(c3ccccc3)C(F)(F)F)cc2c(-c2ccc(Cl)cc2)c1[C@H](OC(C)(C)C)C(=O)O. The minimum absolute atomic E-state index is 0.199. The number of aliphatic carboxylic acids is 1. The van der Waals surface area contributed by atoms with Crippen LogP contribution in [0.15, 0.2) is 78.9 Å². The molecule has 4 aromatic rings. The third-order valence-electron chi connectivity index (χ3n) is 6.47. The van der Waals surface area contributed by atoms with E-state index in [0.717, 1.165) is 17.5 Å². The number of carbonyl (C=O) groups is 1. The molecule has 4 aromatic carbocycles. The van der Waals surface area contributed by atoms with E-state index in [1.807, 2.05) is 5.92 Å². The lowest BCUT2D eigenvalue weighted by Gasteiger charge is -2.28. The summed E-state index contributed by atoms with van der Waals surface area (Å²) in [6, 6.07) is 20.1. The van der Waals surface area contributed by atoms with Crippen molar-refractivity contribution < 1.29 is 32.9 Å². The van der Waals surface area contributed by atoms with Gasteiger partial charge in [-0.15, -0.1) is 0 Å². The first-order valence-electron chi connectivity index (χ1n) is 12.7. The van der Waals surface area contributed by atoms with Gasteiger partial charge < -0.3 is 14.9 Å². The molecular formula is C33H28ClF3O4. The number of aryl methyl sites for hydroxylation is 1. The number of benzene rings is 4. The Kier molecular flexibility index (Phi) is 8.24.